The summed E-state index contributed by atoms with van der Waals surface area (Å²) in [5.74, 6) is 0.547. The maximum absolute atomic E-state index is 10.7. The molecule has 0 bridgehead atoms. The third-order valence-electron chi connectivity index (χ3n) is 2.37. The normalized spacial score (nSPS) is 10.6. The number of nitro groups is 1. The second-order valence-corrected chi connectivity index (χ2v) is 4.99. The zero-order chi connectivity index (χ0) is 13.1. The number of aromatic nitrogens is 2. The van der Waals surface area contributed by atoms with Crippen molar-refractivity contribution in [3.63, 3.8) is 0 Å². The van der Waals surface area contributed by atoms with Crippen molar-refractivity contribution in [2.24, 2.45) is 7.05 Å². The predicted molar refractivity (Wildman–Crippen MR) is 70.9 cm³/mol. The average molecular weight is 284 g/mol. The Kier molecular flexibility index (Phi) is 3.88. The smallest absolute Gasteiger partial charge is 0.269 e. The number of nitro benzene ring substituents is 1. The zero-order valence-electron chi connectivity index (χ0n) is 9.54. The third-order valence-corrected chi connectivity index (χ3v) is 3.85. The lowest BCUT2D eigenvalue weighted by Crippen LogP contribution is -1.93. The molecule has 94 valence electrons. The lowest BCUT2D eigenvalue weighted by molar-refractivity contribution is -0.384. The van der Waals surface area contributed by atoms with E-state index >= 15 is 0 Å². The van der Waals surface area contributed by atoms with E-state index in [2.05, 4.69) is 4.98 Å². The maximum Gasteiger partial charge on any atom is 0.269 e. The number of non-ortho nitro benzene ring substituents is 1. The molecule has 1 heterocycles. The Morgan fingerprint density at radius 1 is 1.56 bits per heavy atom. The highest BCUT2D eigenvalue weighted by atomic mass is 35.5. The molecule has 5 nitrogen and oxygen atoms in total. The molecule has 2 aromatic rings. The number of halogens is 1. The Hall–Kier alpha value is -1.53. The molecule has 0 aliphatic heterocycles. The molecule has 0 amide bonds. The number of hydrogen-bond donors (Lipinski definition) is 0. The molecule has 0 unspecified atom stereocenters. The van der Waals surface area contributed by atoms with Crippen LogP contribution in [0.15, 0.2) is 35.7 Å². The Labute approximate surface area is 113 Å². The minimum atomic E-state index is -0.425. The van der Waals surface area contributed by atoms with E-state index in [0.717, 1.165) is 10.7 Å². The third kappa shape index (κ3) is 2.83. The van der Waals surface area contributed by atoms with Gasteiger partial charge in [0.1, 0.15) is 0 Å². The molecule has 1 aromatic carbocycles. The molecule has 7 heteroatoms. The van der Waals surface area contributed by atoms with Gasteiger partial charge in [0.05, 0.1) is 4.92 Å². The van der Waals surface area contributed by atoms with Crippen LogP contribution in [0.4, 0.5) is 5.69 Å². The van der Waals surface area contributed by atoms with Crippen LogP contribution in [0, 0.1) is 10.1 Å². The largest absolute Gasteiger partial charge is 0.329 e. The zero-order valence-corrected chi connectivity index (χ0v) is 11.1. The van der Waals surface area contributed by atoms with Crippen LogP contribution >= 0.6 is 23.4 Å². The van der Waals surface area contributed by atoms with E-state index in [1.807, 2.05) is 17.8 Å². The van der Waals surface area contributed by atoms with E-state index in [4.69, 9.17) is 11.6 Å². The fraction of sp³-hybridized carbons (Fsp3) is 0.182. The van der Waals surface area contributed by atoms with Gasteiger partial charge in [-0.3, -0.25) is 10.1 Å². The molecule has 1 aromatic heterocycles. The molecule has 0 fully saturated rings. The molecule has 0 saturated heterocycles. The van der Waals surface area contributed by atoms with Crippen molar-refractivity contribution in [1.29, 1.82) is 0 Å². The van der Waals surface area contributed by atoms with Gasteiger partial charge in [-0.2, -0.15) is 0 Å². The van der Waals surface area contributed by atoms with Crippen LogP contribution in [0.2, 0.25) is 5.02 Å². The van der Waals surface area contributed by atoms with E-state index < -0.39 is 4.92 Å². The van der Waals surface area contributed by atoms with Crippen LogP contribution in [-0.2, 0) is 12.8 Å². The van der Waals surface area contributed by atoms with Crippen molar-refractivity contribution in [3.8, 4) is 0 Å². The van der Waals surface area contributed by atoms with Crippen LogP contribution in [0.25, 0.3) is 0 Å². The average Bonchev–Trinajstić information content (AvgIpc) is 2.73. The van der Waals surface area contributed by atoms with Crippen LogP contribution in [0.5, 0.6) is 0 Å². The highest BCUT2D eigenvalue weighted by molar-refractivity contribution is 7.98. The van der Waals surface area contributed by atoms with Gasteiger partial charge >= 0.3 is 0 Å². The molecule has 0 N–H and O–H groups in total. The number of thioether (sulfide) groups is 1. The standard InChI is InChI=1S/C11H10ClN3O2S/c1-14-5-4-13-11(14)18-7-8-6-9(15(16)17)2-3-10(8)12/h2-6H,7H2,1H3. The summed E-state index contributed by atoms with van der Waals surface area (Å²) in [5, 5.41) is 12.1. The van der Waals surface area contributed by atoms with Crippen LogP contribution < -0.4 is 0 Å². The SMILES string of the molecule is Cn1ccnc1SCc1cc([N+](=O)[O-])ccc1Cl. The monoisotopic (exact) mass is 283 g/mol. The summed E-state index contributed by atoms with van der Waals surface area (Å²) in [5.41, 5.74) is 0.786. The van der Waals surface area contributed by atoms with Gasteiger partial charge in [0.25, 0.3) is 5.69 Å². The molecule has 0 radical (unpaired) electrons. The van der Waals surface area contributed by atoms with Gasteiger partial charge in [0.2, 0.25) is 0 Å². The first-order chi connectivity index (χ1) is 8.58. The molecule has 0 spiro atoms. The summed E-state index contributed by atoms with van der Waals surface area (Å²) < 4.78 is 1.88. The first-order valence-electron chi connectivity index (χ1n) is 5.11. The second-order valence-electron chi connectivity index (χ2n) is 3.64. The second kappa shape index (κ2) is 5.41. The molecular weight excluding hydrogens is 274 g/mol. The van der Waals surface area contributed by atoms with Crippen LogP contribution in [0.3, 0.4) is 0 Å². The number of hydrogen-bond acceptors (Lipinski definition) is 4. The maximum atomic E-state index is 10.7. The van der Waals surface area contributed by atoms with Gasteiger partial charge < -0.3 is 4.57 Å². The summed E-state index contributed by atoms with van der Waals surface area (Å²) in [4.78, 5) is 14.4. The number of benzene rings is 1. The van der Waals surface area contributed by atoms with Crippen LogP contribution in [0.1, 0.15) is 5.56 Å². The molecule has 0 atom stereocenters. The van der Waals surface area contributed by atoms with Crippen molar-refractivity contribution < 1.29 is 4.92 Å². The van der Waals surface area contributed by atoms with Gasteiger partial charge in [-0.05, 0) is 11.6 Å². The number of imidazole rings is 1. The Balaban J connectivity index is 2.16. The van der Waals surface area contributed by atoms with Gasteiger partial charge in [-0.1, -0.05) is 23.4 Å². The van der Waals surface area contributed by atoms with E-state index in [1.165, 1.54) is 23.9 Å². The Bertz CT molecular complexity index is 585. The molecule has 0 aliphatic carbocycles. The van der Waals surface area contributed by atoms with Crippen molar-refractivity contribution in [2.45, 2.75) is 10.9 Å². The molecule has 0 aliphatic rings. The number of rotatable bonds is 4. The van der Waals surface area contributed by atoms with Crippen molar-refractivity contribution in [3.05, 3.63) is 51.3 Å². The lowest BCUT2D eigenvalue weighted by Gasteiger charge is -2.04. The molecule has 2 rings (SSSR count). The van der Waals surface area contributed by atoms with Crippen LogP contribution in [-0.4, -0.2) is 14.5 Å². The molecule has 0 saturated carbocycles. The first kappa shape index (κ1) is 12.9. The Morgan fingerprint density at radius 2 is 2.33 bits per heavy atom. The summed E-state index contributed by atoms with van der Waals surface area (Å²) in [6, 6.07) is 4.45. The molecule has 18 heavy (non-hydrogen) atoms. The van der Waals surface area contributed by atoms with Gasteiger partial charge in [0.15, 0.2) is 5.16 Å². The summed E-state index contributed by atoms with van der Waals surface area (Å²) in [7, 11) is 1.89. The minimum absolute atomic E-state index is 0.0508. The predicted octanol–water partition coefficient (Wildman–Crippen LogP) is 3.27. The van der Waals surface area contributed by atoms with Crippen molar-refractivity contribution >= 4 is 29.1 Å². The quantitative estimate of drug-likeness (QED) is 0.491. The Morgan fingerprint density at radius 3 is 2.94 bits per heavy atom. The van der Waals surface area contributed by atoms with Gasteiger partial charge in [0, 0.05) is 42.3 Å². The van der Waals surface area contributed by atoms with Crippen molar-refractivity contribution in [1.82, 2.24) is 9.55 Å². The highest BCUT2D eigenvalue weighted by Crippen LogP contribution is 2.28. The van der Waals surface area contributed by atoms with E-state index in [9.17, 15) is 10.1 Å². The summed E-state index contributed by atoms with van der Waals surface area (Å²) in [6.45, 7) is 0. The first-order valence-corrected chi connectivity index (χ1v) is 6.47. The summed E-state index contributed by atoms with van der Waals surface area (Å²) >= 11 is 7.50. The summed E-state index contributed by atoms with van der Waals surface area (Å²) in [6.07, 6.45) is 3.55. The van der Waals surface area contributed by atoms with E-state index in [0.29, 0.717) is 10.8 Å². The van der Waals surface area contributed by atoms with Gasteiger partial charge in [-0.25, -0.2) is 4.98 Å². The van der Waals surface area contributed by atoms with Crippen molar-refractivity contribution in [2.75, 3.05) is 0 Å². The minimum Gasteiger partial charge on any atom is -0.329 e. The number of aryl methyl sites for hydroxylation is 1. The van der Waals surface area contributed by atoms with Gasteiger partial charge in [-0.15, -0.1) is 0 Å². The molecular formula is C11H10ClN3O2S. The lowest BCUT2D eigenvalue weighted by atomic mass is 10.2. The fourth-order valence-electron chi connectivity index (χ4n) is 1.42. The highest BCUT2D eigenvalue weighted by Gasteiger charge is 2.10. The fourth-order valence-corrected chi connectivity index (χ4v) is 2.61. The number of nitrogens with zero attached hydrogens (tertiary/aromatic N) is 3. The topological polar surface area (TPSA) is 61.0 Å². The van der Waals surface area contributed by atoms with E-state index in [-0.39, 0.29) is 5.69 Å². The van der Waals surface area contributed by atoms with E-state index in [1.54, 1.807) is 12.3 Å².